The van der Waals surface area contributed by atoms with Crippen LogP contribution in [0.15, 0.2) is 42.5 Å². The van der Waals surface area contributed by atoms with Crippen LogP contribution in [0.5, 0.6) is 0 Å². The summed E-state index contributed by atoms with van der Waals surface area (Å²) in [4.78, 5) is 36.5. The van der Waals surface area contributed by atoms with Gasteiger partial charge in [0.05, 0.1) is 22.4 Å². The SMILES string of the molecule is Cc1nc2ccc(C(=O)N3CCC[C@H](CCC(=O)Nc4ccc(Cl)cc4)C3)cc2nc1C. The van der Waals surface area contributed by atoms with Gasteiger partial charge in [-0.3, -0.25) is 9.59 Å². The Morgan fingerprint density at radius 2 is 1.78 bits per heavy atom. The lowest BCUT2D eigenvalue weighted by Gasteiger charge is -2.33. The number of nitrogens with one attached hydrogen (secondary N) is 1. The van der Waals surface area contributed by atoms with Gasteiger partial charge in [0.25, 0.3) is 5.91 Å². The van der Waals surface area contributed by atoms with Gasteiger partial charge in [0.15, 0.2) is 0 Å². The summed E-state index contributed by atoms with van der Waals surface area (Å²) in [5, 5.41) is 3.54. The highest BCUT2D eigenvalue weighted by Gasteiger charge is 2.25. The number of halogens is 1. The smallest absolute Gasteiger partial charge is 0.253 e. The minimum Gasteiger partial charge on any atom is -0.338 e. The van der Waals surface area contributed by atoms with Crippen LogP contribution in [-0.4, -0.2) is 39.8 Å². The molecule has 0 bridgehead atoms. The number of fused-ring (bicyclic) bond motifs is 1. The van der Waals surface area contributed by atoms with E-state index in [0.717, 1.165) is 53.9 Å². The first-order valence-electron chi connectivity index (χ1n) is 11.0. The van der Waals surface area contributed by atoms with Crippen LogP contribution in [0.3, 0.4) is 0 Å². The zero-order valence-corrected chi connectivity index (χ0v) is 19.2. The van der Waals surface area contributed by atoms with E-state index < -0.39 is 0 Å². The normalized spacial score (nSPS) is 16.2. The molecule has 0 spiro atoms. The number of likely N-dealkylation sites (tertiary alicyclic amines) is 1. The number of hydrogen-bond acceptors (Lipinski definition) is 4. The van der Waals surface area contributed by atoms with Gasteiger partial charge >= 0.3 is 0 Å². The molecule has 4 rings (SSSR count). The molecular weight excluding hydrogens is 424 g/mol. The second kappa shape index (κ2) is 9.65. The summed E-state index contributed by atoms with van der Waals surface area (Å²) in [5.41, 5.74) is 4.69. The lowest BCUT2D eigenvalue weighted by molar-refractivity contribution is -0.116. The minimum atomic E-state index is -0.0189. The van der Waals surface area contributed by atoms with Crippen LogP contribution in [0, 0.1) is 19.8 Å². The molecule has 7 heteroatoms. The van der Waals surface area contributed by atoms with Crippen molar-refractivity contribution >= 4 is 40.1 Å². The zero-order valence-electron chi connectivity index (χ0n) is 18.4. The van der Waals surface area contributed by atoms with E-state index in [2.05, 4.69) is 15.3 Å². The van der Waals surface area contributed by atoms with Crippen LogP contribution in [0.25, 0.3) is 11.0 Å². The molecule has 3 aromatic rings. The number of benzene rings is 2. The number of carbonyl (C=O) groups excluding carboxylic acids is 2. The molecule has 32 heavy (non-hydrogen) atoms. The second-order valence-electron chi connectivity index (χ2n) is 8.45. The molecule has 2 heterocycles. The molecule has 166 valence electrons. The maximum Gasteiger partial charge on any atom is 0.253 e. The third-order valence-electron chi connectivity index (χ3n) is 6.04. The van der Waals surface area contributed by atoms with Gasteiger partial charge in [-0.15, -0.1) is 0 Å². The second-order valence-corrected chi connectivity index (χ2v) is 8.89. The average molecular weight is 451 g/mol. The molecule has 1 saturated heterocycles. The van der Waals surface area contributed by atoms with E-state index in [4.69, 9.17) is 11.6 Å². The molecule has 1 fully saturated rings. The summed E-state index contributed by atoms with van der Waals surface area (Å²) in [7, 11) is 0. The first-order valence-corrected chi connectivity index (χ1v) is 11.4. The number of piperidine rings is 1. The molecule has 1 aliphatic heterocycles. The molecule has 6 nitrogen and oxygen atoms in total. The Morgan fingerprint density at radius 3 is 2.53 bits per heavy atom. The maximum absolute atomic E-state index is 13.1. The fourth-order valence-electron chi connectivity index (χ4n) is 4.12. The summed E-state index contributed by atoms with van der Waals surface area (Å²) in [6.07, 6.45) is 3.16. The molecule has 0 radical (unpaired) electrons. The Morgan fingerprint density at radius 1 is 1.06 bits per heavy atom. The molecule has 1 aliphatic rings. The summed E-state index contributed by atoms with van der Waals surface area (Å²) in [6.45, 7) is 5.27. The van der Waals surface area contributed by atoms with Gasteiger partial charge in [0, 0.05) is 35.8 Å². The first-order chi connectivity index (χ1) is 15.4. The number of rotatable bonds is 5. The molecule has 0 aliphatic carbocycles. The van der Waals surface area contributed by atoms with Crippen LogP contribution >= 0.6 is 11.6 Å². The van der Waals surface area contributed by atoms with Gasteiger partial charge < -0.3 is 10.2 Å². The number of carbonyl (C=O) groups is 2. The fourth-order valence-corrected chi connectivity index (χ4v) is 4.25. The lowest BCUT2D eigenvalue weighted by Crippen LogP contribution is -2.40. The summed E-state index contributed by atoms with van der Waals surface area (Å²) < 4.78 is 0. The molecule has 1 aromatic heterocycles. The number of amides is 2. The van der Waals surface area contributed by atoms with Crippen molar-refractivity contribution in [3.63, 3.8) is 0 Å². The van der Waals surface area contributed by atoms with E-state index in [1.165, 1.54) is 0 Å². The Kier molecular flexibility index (Phi) is 6.70. The van der Waals surface area contributed by atoms with E-state index in [1.54, 1.807) is 24.3 Å². The van der Waals surface area contributed by atoms with Crippen molar-refractivity contribution in [1.29, 1.82) is 0 Å². The summed E-state index contributed by atoms with van der Waals surface area (Å²) in [6, 6.07) is 12.6. The number of aryl methyl sites for hydroxylation is 2. The van der Waals surface area contributed by atoms with Gasteiger partial charge in [0.1, 0.15) is 0 Å². The van der Waals surface area contributed by atoms with Crippen molar-refractivity contribution in [2.24, 2.45) is 5.92 Å². The zero-order chi connectivity index (χ0) is 22.7. The predicted octanol–water partition coefficient (Wildman–Crippen LogP) is 5.17. The molecule has 0 unspecified atom stereocenters. The van der Waals surface area contributed by atoms with Gasteiger partial charge in [0.2, 0.25) is 5.91 Å². The maximum atomic E-state index is 13.1. The molecule has 0 saturated carbocycles. The highest BCUT2D eigenvalue weighted by molar-refractivity contribution is 6.30. The van der Waals surface area contributed by atoms with E-state index in [1.807, 2.05) is 36.9 Å². The van der Waals surface area contributed by atoms with Crippen molar-refractivity contribution in [3.05, 3.63) is 64.4 Å². The van der Waals surface area contributed by atoms with Gasteiger partial charge in [-0.1, -0.05) is 11.6 Å². The first kappa shape index (κ1) is 22.2. The number of anilines is 1. The minimum absolute atomic E-state index is 0.0160. The van der Waals surface area contributed by atoms with Crippen LogP contribution in [0.4, 0.5) is 5.69 Å². The number of aromatic nitrogens is 2. The van der Waals surface area contributed by atoms with Crippen molar-refractivity contribution in [3.8, 4) is 0 Å². The largest absolute Gasteiger partial charge is 0.338 e. The predicted molar refractivity (Wildman–Crippen MR) is 127 cm³/mol. The highest BCUT2D eigenvalue weighted by atomic mass is 35.5. The van der Waals surface area contributed by atoms with Crippen LogP contribution in [0.1, 0.15) is 47.4 Å². The van der Waals surface area contributed by atoms with E-state index in [-0.39, 0.29) is 11.8 Å². The molecule has 1 N–H and O–H groups in total. The van der Waals surface area contributed by atoms with Gasteiger partial charge in [-0.25, -0.2) is 9.97 Å². The summed E-state index contributed by atoms with van der Waals surface area (Å²) in [5.74, 6) is 0.311. The molecule has 2 amide bonds. The van der Waals surface area contributed by atoms with Crippen molar-refractivity contribution in [2.45, 2.75) is 39.5 Å². The van der Waals surface area contributed by atoms with Gasteiger partial charge in [-0.2, -0.15) is 0 Å². The Labute approximate surface area is 193 Å². The van der Waals surface area contributed by atoms with Crippen molar-refractivity contribution in [2.75, 3.05) is 18.4 Å². The number of hydrogen-bond donors (Lipinski definition) is 1. The van der Waals surface area contributed by atoms with E-state index in [0.29, 0.717) is 29.5 Å². The van der Waals surface area contributed by atoms with E-state index in [9.17, 15) is 9.59 Å². The Bertz CT molecular complexity index is 1150. The van der Waals surface area contributed by atoms with Crippen LogP contribution in [-0.2, 0) is 4.79 Å². The molecule has 1 atom stereocenters. The van der Waals surface area contributed by atoms with E-state index >= 15 is 0 Å². The molecular formula is C25H27ClN4O2. The third kappa shape index (κ3) is 5.25. The lowest BCUT2D eigenvalue weighted by atomic mass is 9.92. The van der Waals surface area contributed by atoms with Crippen LogP contribution < -0.4 is 5.32 Å². The van der Waals surface area contributed by atoms with Gasteiger partial charge in [-0.05, 0) is 81.5 Å². The monoisotopic (exact) mass is 450 g/mol. The number of nitrogens with zero attached hydrogens (tertiary/aromatic N) is 3. The van der Waals surface area contributed by atoms with Crippen LogP contribution in [0.2, 0.25) is 5.02 Å². The highest BCUT2D eigenvalue weighted by Crippen LogP contribution is 2.24. The standard InChI is InChI=1S/C25H27ClN4O2/c1-16-17(2)28-23-14-19(6-11-22(23)27-16)25(32)30-13-3-4-18(15-30)5-12-24(31)29-21-9-7-20(26)8-10-21/h6-11,14,18H,3-5,12-13,15H2,1-2H3,(H,29,31)/t18-/m1/s1. The fraction of sp³-hybridized carbons (Fsp3) is 0.360. The average Bonchev–Trinajstić information content (AvgIpc) is 2.79. The topological polar surface area (TPSA) is 75.2 Å². The Hall–Kier alpha value is -2.99. The quantitative estimate of drug-likeness (QED) is 0.581. The summed E-state index contributed by atoms with van der Waals surface area (Å²) >= 11 is 5.88. The third-order valence-corrected chi connectivity index (χ3v) is 6.29. The molecule has 2 aromatic carbocycles. The van der Waals surface area contributed by atoms with Crippen molar-refractivity contribution in [1.82, 2.24) is 14.9 Å². The van der Waals surface area contributed by atoms with Crippen molar-refractivity contribution < 1.29 is 9.59 Å². The Balaban J connectivity index is 1.35.